The van der Waals surface area contributed by atoms with Crippen molar-refractivity contribution in [2.24, 2.45) is 0 Å². The zero-order valence-electron chi connectivity index (χ0n) is 12.6. The van der Waals surface area contributed by atoms with Crippen LogP contribution in [-0.2, 0) is 17.9 Å². The quantitative estimate of drug-likeness (QED) is 0.772. The van der Waals surface area contributed by atoms with E-state index in [0.717, 1.165) is 24.6 Å². The number of thiazole rings is 1. The van der Waals surface area contributed by atoms with Crippen molar-refractivity contribution in [1.82, 2.24) is 10.3 Å². The van der Waals surface area contributed by atoms with E-state index in [4.69, 9.17) is 9.72 Å². The van der Waals surface area contributed by atoms with Gasteiger partial charge in [0.15, 0.2) is 0 Å². The largest absolute Gasteiger partial charge is 0.374 e. The highest BCUT2D eigenvalue weighted by Crippen LogP contribution is 2.42. The molecule has 0 spiro atoms. The van der Waals surface area contributed by atoms with Gasteiger partial charge in [-0.05, 0) is 40.0 Å². The lowest BCUT2D eigenvalue weighted by atomic mass is 10.1. The van der Waals surface area contributed by atoms with Crippen LogP contribution in [0.5, 0.6) is 0 Å². The first-order valence-corrected chi connectivity index (χ1v) is 8.12. The molecule has 0 aliphatic heterocycles. The van der Waals surface area contributed by atoms with E-state index in [0.29, 0.717) is 12.5 Å². The molecule has 108 valence electrons. The summed E-state index contributed by atoms with van der Waals surface area (Å²) < 4.78 is 5.61. The second-order valence-electron chi connectivity index (χ2n) is 6.35. The van der Waals surface area contributed by atoms with Gasteiger partial charge in [-0.25, -0.2) is 4.98 Å². The van der Waals surface area contributed by atoms with Gasteiger partial charge in [-0.3, -0.25) is 0 Å². The highest BCUT2D eigenvalue weighted by atomic mass is 32.1. The van der Waals surface area contributed by atoms with Gasteiger partial charge in [0.1, 0.15) is 5.01 Å². The number of nitrogens with one attached hydrogen (secondary N) is 1. The van der Waals surface area contributed by atoms with Crippen LogP contribution in [-0.4, -0.2) is 17.1 Å². The number of aromatic nitrogens is 1. The van der Waals surface area contributed by atoms with Gasteiger partial charge in [0.25, 0.3) is 0 Å². The lowest BCUT2D eigenvalue weighted by Gasteiger charge is -2.20. The summed E-state index contributed by atoms with van der Waals surface area (Å²) in [5.41, 5.74) is 1.49. The predicted molar refractivity (Wildman–Crippen MR) is 80.6 cm³/mol. The minimum Gasteiger partial charge on any atom is -0.374 e. The van der Waals surface area contributed by atoms with Gasteiger partial charge < -0.3 is 10.1 Å². The van der Waals surface area contributed by atoms with Gasteiger partial charge in [0.05, 0.1) is 12.3 Å². The Morgan fingerprint density at radius 3 is 2.68 bits per heavy atom. The number of rotatable bonds is 7. The summed E-state index contributed by atoms with van der Waals surface area (Å²) in [6.45, 7) is 11.2. The molecule has 1 saturated carbocycles. The van der Waals surface area contributed by atoms with Gasteiger partial charge in [0, 0.05) is 29.5 Å². The summed E-state index contributed by atoms with van der Waals surface area (Å²) in [5, 5.41) is 4.71. The van der Waals surface area contributed by atoms with E-state index in [1.807, 2.05) is 11.3 Å². The molecule has 4 heteroatoms. The molecule has 0 bridgehead atoms. The van der Waals surface area contributed by atoms with Gasteiger partial charge >= 0.3 is 0 Å². The van der Waals surface area contributed by atoms with Crippen LogP contribution in [0.25, 0.3) is 0 Å². The predicted octanol–water partition coefficient (Wildman–Crippen LogP) is 3.84. The summed E-state index contributed by atoms with van der Waals surface area (Å²) in [6, 6.07) is 0. The monoisotopic (exact) mass is 282 g/mol. The van der Waals surface area contributed by atoms with Gasteiger partial charge in [-0.15, -0.1) is 11.3 Å². The highest BCUT2D eigenvalue weighted by Gasteiger charge is 2.29. The molecule has 1 aliphatic rings. The van der Waals surface area contributed by atoms with Crippen molar-refractivity contribution in [3.8, 4) is 0 Å². The van der Waals surface area contributed by atoms with Crippen LogP contribution in [0, 0.1) is 0 Å². The van der Waals surface area contributed by atoms with Crippen LogP contribution in [0.2, 0.25) is 0 Å². The normalized spacial score (nSPS) is 16.0. The van der Waals surface area contributed by atoms with Crippen molar-refractivity contribution < 1.29 is 4.74 Å². The fraction of sp³-hybridized carbons (Fsp3) is 0.800. The Bertz CT molecular complexity index is 405. The number of hydrogen-bond donors (Lipinski definition) is 1. The maximum Gasteiger partial charge on any atom is 0.119 e. The van der Waals surface area contributed by atoms with Crippen molar-refractivity contribution in [2.75, 3.05) is 6.61 Å². The Hall–Kier alpha value is -0.450. The molecule has 2 rings (SSSR count). The van der Waals surface area contributed by atoms with E-state index in [9.17, 15) is 0 Å². The zero-order chi connectivity index (χ0) is 13.9. The van der Waals surface area contributed by atoms with E-state index in [-0.39, 0.29) is 5.54 Å². The standard InChI is InChI=1S/C15H26N2OS/c1-5-8-18-10-13-17-14(11-6-7-11)12(19-13)9-16-15(2,3)4/h11,16H,5-10H2,1-4H3. The first-order chi connectivity index (χ1) is 8.99. The Kier molecular flexibility index (Phi) is 4.98. The minimum atomic E-state index is 0.156. The van der Waals surface area contributed by atoms with Crippen LogP contribution >= 0.6 is 11.3 Å². The fourth-order valence-corrected chi connectivity index (χ4v) is 2.96. The lowest BCUT2D eigenvalue weighted by Crippen LogP contribution is -2.35. The summed E-state index contributed by atoms with van der Waals surface area (Å²) in [7, 11) is 0. The first kappa shape index (κ1) is 14.9. The SMILES string of the molecule is CCCOCc1nc(C2CC2)c(CNC(C)(C)C)s1. The molecule has 1 fully saturated rings. The highest BCUT2D eigenvalue weighted by molar-refractivity contribution is 7.11. The molecule has 0 aromatic carbocycles. The Morgan fingerprint density at radius 2 is 2.11 bits per heavy atom. The lowest BCUT2D eigenvalue weighted by molar-refractivity contribution is 0.121. The van der Waals surface area contributed by atoms with E-state index in [1.165, 1.54) is 23.4 Å². The third kappa shape index (κ3) is 4.86. The molecule has 3 nitrogen and oxygen atoms in total. The third-order valence-electron chi connectivity index (χ3n) is 3.09. The number of ether oxygens (including phenoxy) is 1. The minimum absolute atomic E-state index is 0.156. The van der Waals surface area contributed by atoms with Crippen molar-refractivity contribution in [3.63, 3.8) is 0 Å². The molecular formula is C15H26N2OS. The third-order valence-corrected chi connectivity index (χ3v) is 4.13. The smallest absolute Gasteiger partial charge is 0.119 e. The van der Waals surface area contributed by atoms with Gasteiger partial charge in [-0.1, -0.05) is 6.92 Å². The molecule has 0 unspecified atom stereocenters. The van der Waals surface area contributed by atoms with Crippen LogP contribution in [0.4, 0.5) is 0 Å². The second kappa shape index (κ2) is 6.33. The molecule has 19 heavy (non-hydrogen) atoms. The molecule has 1 aromatic heterocycles. The van der Waals surface area contributed by atoms with Gasteiger partial charge in [0.2, 0.25) is 0 Å². The summed E-state index contributed by atoms with van der Waals surface area (Å²) >= 11 is 1.82. The number of nitrogens with zero attached hydrogens (tertiary/aromatic N) is 1. The molecule has 0 radical (unpaired) electrons. The van der Waals surface area contributed by atoms with Gasteiger partial charge in [-0.2, -0.15) is 0 Å². The molecule has 1 aliphatic carbocycles. The average Bonchev–Trinajstić information content (AvgIpc) is 3.08. The average molecular weight is 282 g/mol. The molecule has 0 amide bonds. The Labute approximate surface area is 120 Å². The van der Waals surface area contributed by atoms with Crippen molar-refractivity contribution in [3.05, 3.63) is 15.6 Å². The fourth-order valence-electron chi connectivity index (χ4n) is 1.93. The van der Waals surface area contributed by atoms with Crippen molar-refractivity contribution >= 4 is 11.3 Å². The van der Waals surface area contributed by atoms with E-state index < -0.39 is 0 Å². The van der Waals surface area contributed by atoms with Crippen LogP contribution in [0.3, 0.4) is 0 Å². The maximum atomic E-state index is 5.61. The van der Waals surface area contributed by atoms with Crippen molar-refractivity contribution in [2.45, 2.75) is 71.6 Å². The summed E-state index contributed by atoms with van der Waals surface area (Å²) in [6.07, 6.45) is 3.68. The molecule has 1 N–H and O–H groups in total. The summed E-state index contributed by atoms with van der Waals surface area (Å²) in [5.74, 6) is 0.716. The molecule has 1 heterocycles. The van der Waals surface area contributed by atoms with E-state index in [1.54, 1.807) is 0 Å². The maximum absolute atomic E-state index is 5.61. The Balaban J connectivity index is 1.99. The zero-order valence-corrected chi connectivity index (χ0v) is 13.4. The van der Waals surface area contributed by atoms with E-state index in [2.05, 4.69) is 33.0 Å². The molecule has 0 atom stereocenters. The molecule has 1 aromatic rings. The number of hydrogen-bond acceptors (Lipinski definition) is 4. The second-order valence-corrected chi connectivity index (χ2v) is 7.51. The van der Waals surface area contributed by atoms with Crippen LogP contribution in [0.1, 0.15) is 68.5 Å². The van der Waals surface area contributed by atoms with E-state index >= 15 is 0 Å². The molecular weight excluding hydrogens is 256 g/mol. The van der Waals surface area contributed by atoms with Crippen molar-refractivity contribution in [1.29, 1.82) is 0 Å². The van der Waals surface area contributed by atoms with Crippen LogP contribution in [0.15, 0.2) is 0 Å². The Morgan fingerprint density at radius 1 is 1.37 bits per heavy atom. The summed E-state index contributed by atoms with van der Waals surface area (Å²) in [4.78, 5) is 6.21. The first-order valence-electron chi connectivity index (χ1n) is 7.31. The van der Waals surface area contributed by atoms with Crippen LogP contribution < -0.4 is 5.32 Å². The molecule has 0 saturated heterocycles. The topological polar surface area (TPSA) is 34.1 Å².